The first-order valence-electron chi connectivity index (χ1n) is 8.34. The van der Waals surface area contributed by atoms with Crippen LogP contribution in [0.4, 0.5) is 5.82 Å². The average molecular weight is 356 g/mol. The molecular formula is C18H24N6S. The molecule has 3 heterocycles. The molecule has 132 valence electrons. The Morgan fingerprint density at radius 2 is 1.96 bits per heavy atom. The normalized spacial score (nSPS) is 23.1. The lowest BCUT2D eigenvalue weighted by atomic mass is 9.86. The minimum absolute atomic E-state index is 0.167. The second-order valence-electron chi connectivity index (χ2n) is 6.92. The van der Waals surface area contributed by atoms with Gasteiger partial charge in [0.2, 0.25) is 0 Å². The molecule has 6 nitrogen and oxygen atoms in total. The van der Waals surface area contributed by atoms with Gasteiger partial charge >= 0.3 is 0 Å². The van der Waals surface area contributed by atoms with Crippen molar-refractivity contribution in [3.8, 4) is 16.6 Å². The Morgan fingerprint density at radius 3 is 2.56 bits per heavy atom. The lowest BCUT2D eigenvalue weighted by Crippen LogP contribution is -2.30. The first kappa shape index (κ1) is 17.8. The summed E-state index contributed by atoms with van der Waals surface area (Å²) in [6.45, 7) is 5.11. The second kappa shape index (κ2) is 7.10. The van der Waals surface area contributed by atoms with E-state index in [0.717, 1.165) is 22.7 Å². The van der Waals surface area contributed by atoms with Crippen LogP contribution < -0.4 is 16.6 Å². The molecule has 25 heavy (non-hydrogen) atoms. The van der Waals surface area contributed by atoms with Crippen LogP contribution in [0.3, 0.4) is 0 Å². The summed E-state index contributed by atoms with van der Waals surface area (Å²) in [7, 11) is 4.10. The van der Waals surface area contributed by atoms with Gasteiger partial charge in [0.25, 0.3) is 0 Å². The van der Waals surface area contributed by atoms with Gasteiger partial charge in [0, 0.05) is 24.5 Å². The molecule has 0 spiro atoms. The summed E-state index contributed by atoms with van der Waals surface area (Å²) in [6, 6.07) is 6.86. The Balaban J connectivity index is 2.05. The fourth-order valence-electron chi connectivity index (χ4n) is 3.47. The van der Waals surface area contributed by atoms with Gasteiger partial charge < -0.3 is 10.6 Å². The fraction of sp³-hybridized carbons (Fsp3) is 0.444. The highest BCUT2D eigenvalue weighted by Gasteiger charge is 2.34. The van der Waals surface area contributed by atoms with Gasteiger partial charge in [-0.1, -0.05) is 0 Å². The molecule has 1 aliphatic rings. The number of hydrogen-bond donors (Lipinski definition) is 3. The van der Waals surface area contributed by atoms with Crippen LogP contribution in [0.15, 0.2) is 17.5 Å². The number of hydrogen-bond acceptors (Lipinski definition) is 7. The Bertz CT molecular complexity index is 796. The molecule has 4 N–H and O–H groups in total. The van der Waals surface area contributed by atoms with Gasteiger partial charge in [0.15, 0.2) is 0 Å². The topological polar surface area (TPSA) is 90.0 Å². The molecule has 0 saturated carbocycles. The maximum absolute atomic E-state index is 9.58. The monoisotopic (exact) mass is 356 g/mol. The number of nitriles is 1. The first-order chi connectivity index (χ1) is 11.9. The standard InChI is InChI=1S/C18H24N6S/c1-10-17(11(2)23-22-10)13-6-15(21-18(20)14(13)7-19)16-5-12(9-25-16)8-24(3)4/h5-6,9-11,17,22-23H,8H2,1-4H3,(H2,20,21). The van der Waals surface area contributed by atoms with E-state index in [1.165, 1.54) is 5.56 Å². The number of nitrogens with one attached hydrogen (secondary N) is 2. The van der Waals surface area contributed by atoms with Crippen molar-refractivity contribution in [1.29, 1.82) is 5.26 Å². The predicted molar refractivity (Wildman–Crippen MR) is 102 cm³/mol. The molecule has 7 heteroatoms. The third kappa shape index (κ3) is 3.53. The van der Waals surface area contributed by atoms with Crippen LogP contribution in [0.25, 0.3) is 10.6 Å². The molecule has 2 unspecified atom stereocenters. The molecule has 2 atom stereocenters. The summed E-state index contributed by atoms with van der Waals surface area (Å²) >= 11 is 1.66. The van der Waals surface area contributed by atoms with Gasteiger partial charge in [0.1, 0.15) is 11.9 Å². The largest absolute Gasteiger partial charge is 0.383 e. The Labute approximate surface area is 152 Å². The van der Waals surface area contributed by atoms with Crippen molar-refractivity contribution in [2.45, 2.75) is 38.4 Å². The number of rotatable bonds is 4. The van der Waals surface area contributed by atoms with Crippen LogP contribution in [-0.4, -0.2) is 36.1 Å². The Kier molecular flexibility index (Phi) is 5.06. The smallest absolute Gasteiger partial charge is 0.142 e. The zero-order chi connectivity index (χ0) is 18.1. The van der Waals surface area contributed by atoms with Crippen molar-refractivity contribution >= 4 is 17.2 Å². The number of nitrogen functional groups attached to an aromatic ring is 1. The quantitative estimate of drug-likeness (QED) is 0.779. The molecule has 0 radical (unpaired) electrons. The third-order valence-corrected chi connectivity index (χ3v) is 5.57. The predicted octanol–water partition coefficient (Wildman–Crippen LogP) is 2.29. The Morgan fingerprint density at radius 1 is 1.28 bits per heavy atom. The average Bonchev–Trinajstić information content (AvgIpc) is 3.13. The number of nitrogens with zero attached hydrogens (tertiary/aromatic N) is 3. The lowest BCUT2D eigenvalue weighted by Gasteiger charge is -2.21. The van der Waals surface area contributed by atoms with E-state index in [1.54, 1.807) is 11.3 Å². The molecule has 2 aromatic heterocycles. The van der Waals surface area contributed by atoms with Crippen molar-refractivity contribution in [2.75, 3.05) is 19.8 Å². The van der Waals surface area contributed by atoms with E-state index in [1.807, 2.05) is 6.07 Å². The van der Waals surface area contributed by atoms with Gasteiger partial charge in [-0.25, -0.2) is 4.98 Å². The maximum atomic E-state index is 9.58. The summed E-state index contributed by atoms with van der Waals surface area (Å²) in [4.78, 5) is 7.71. The number of nitrogens with two attached hydrogens (primary N) is 1. The third-order valence-electron chi connectivity index (χ3n) is 4.57. The van der Waals surface area contributed by atoms with Crippen LogP contribution in [0, 0.1) is 11.3 Å². The Hall–Kier alpha value is -1.98. The number of thiophene rings is 1. The summed E-state index contributed by atoms with van der Waals surface area (Å²) in [5.41, 5.74) is 16.2. The van der Waals surface area contributed by atoms with Gasteiger partial charge in [-0.05, 0) is 56.6 Å². The van der Waals surface area contributed by atoms with E-state index in [2.05, 4.69) is 66.2 Å². The number of aromatic nitrogens is 1. The van der Waals surface area contributed by atoms with Crippen molar-refractivity contribution in [1.82, 2.24) is 20.7 Å². The van der Waals surface area contributed by atoms with Gasteiger partial charge in [-0.15, -0.1) is 11.3 Å². The number of hydrazine groups is 1. The van der Waals surface area contributed by atoms with Crippen molar-refractivity contribution in [3.63, 3.8) is 0 Å². The van der Waals surface area contributed by atoms with E-state index < -0.39 is 0 Å². The number of anilines is 1. The van der Waals surface area contributed by atoms with Crippen LogP contribution in [-0.2, 0) is 6.54 Å². The minimum Gasteiger partial charge on any atom is -0.383 e. The second-order valence-corrected chi connectivity index (χ2v) is 7.83. The highest BCUT2D eigenvalue weighted by atomic mass is 32.1. The minimum atomic E-state index is 0.167. The van der Waals surface area contributed by atoms with Crippen LogP contribution in [0.1, 0.15) is 36.5 Å². The zero-order valence-corrected chi connectivity index (χ0v) is 15.8. The zero-order valence-electron chi connectivity index (χ0n) is 15.0. The molecule has 1 saturated heterocycles. The van der Waals surface area contributed by atoms with Crippen molar-refractivity contribution in [3.05, 3.63) is 34.2 Å². The molecular weight excluding hydrogens is 332 g/mol. The molecule has 1 aliphatic heterocycles. The van der Waals surface area contributed by atoms with Crippen LogP contribution in [0.2, 0.25) is 0 Å². The summed E-state index contributed by atoms with van der Waals surface area (Å²) in [6.07, 6.45) is 0. The van der Waals surface area contributed by atoms with Crippen molar-refractivity contribution < 1.29 is 0 Å². The summed E-state index contributed by atoms with van der Waals surface area (Å²) < 4.78 is 0. The molecule has 0 bridgehead atoms. The van der Waals surface area contributed by atoms with Gasteiger partial charge in [-0.2, -0.15) is 5.26 Å². The molecule has 0 aliphatic carbocycles. The maximum Gasteiger partial charge on any atom is 0.142 e. The highest BCUT2D eigenvalue weighted by molar-refractivity contribution is 7.13. The first-order valence-corrected chi connectivity index (χ1v) is 9.22. The van der Waals surface area contributed by atoms with E-state index in [-0.39, 0.29) is 18.0 Å². The van der Waals surface area contributed by atoms with Crippen molar-refractivity contribution in [2.24, 2.45) is 0 Å². The number of pyridine rings is 1. The SMILES string of the molecule is CC1NNC(C)C1c1cc(-c2cc(CN(C)C)cs2)nc(N)c1C#N. The lowest BCUT2D eigenvalue weighted by molar-refractivity contribution is 0.403. The highest BCUT2D eigenvalue weighted by Crippen LogP contribution is 2.35. The van der Waals surface area contributed by atoms with Crippen LogP contribution in [0.5, 0.6) is 0 Å². The van der Waals surface area contributed by atoms with E-state index >= 15 is 0 Å². The van der Waals surface area contributed by atoms with Gasteiger partial charge in [0.05, 0.1) is 16.1 Å². The molecule has 1 fully saturated rings. The summed E-state index contributed by atoms with van der Waals surface area (Å²) in [5, 5.41) is 11.7. The molecule has 2 aromatic rings. The molecule has 0 aromatic carbocycles. The molecule has 3 rings (SSSR count). The molecule has 0 amide bonds. The van der Waals surface area contributed by atoms with E-state index in [9.17, 15) is 5.26 Å². The van der Waals surface area contributed by atoms with E-state index in [4.69, 9.17) is 5.73 Å². The fourth-order valence-corrected chi connectivity index (χ4v) is 4.33. The van der Waals surface area contributed by atoms with Crippen LogP contribution >= 0.6 is 11.3 Å². The summed E-state index contributed by atoms with van der Waals surface area (Å²) in [5.74, 6) is 0.476. The van der Waals surface area contributed by atoms with E-state index in [0.29, 0.717) is 11.4 Å². The van der Waals surface area contributed by atoms with Gasteiger partial charge in [-0.3, -0.25) is 10.9 Å².